The first-order valence-electron chi connectivity index (χ1n) is 6.57. The highest BCUT2D eigenvalue weighted by Gasteiger charge is 2.09. The van der Waals surface area contributed by atoms with E-state index in [1.54, 1.807) is 6.07 Å². The van der Waals surface area contributed by atoms with Gasteiger partial charge in [0.2, 0.25) is 0 Å². The quantitative estimate of drug-likeness (QED) is 0.676. The van der Waals surface area contributed by atoms with E-state index in [1.165, 1.54) is 0 Å². The molecule has 1 aromatic heterocycles. The van der Waals surface area contributed by atoms with Crippen LogP contribution in [0.5, 0.6) is 5.75 Å². The fraction of sp³-hybridized carbons (Fsp3) is 0.125. The molecule has 0 bridgehead atoms. The van der Waals surface area contributed by atoms with E-state index in [4.69, 9.17) is 16.3 Å². The molecule has 0 aliphatic carbocycles. The number of imidazole rings is 1. The Morgan fingerprint density at radius 3 is 2.71 bits per heavy atom. The summed E-state index contributed by atoms with van der Waals surface area (Å²) in [5.74, 6) is 1.04. The Kier molecular flexibility index (Phi) is 3.88. The van der Waals surface area contributed by atoms with Gasteiger partial charge in [-0.25, -0.2) is 4.98 Å². The minimum Gasteiger partial charge on any atom is -0.490 e. The zero-order valence-electron chi connectivity index (χ0n) is 11.2. The Bertz CT molecular complexity index is 783. The SMILES string of the molecule is O=Cc1nc2ccccc2n1CCOc1ccccc1Cl. The summed E-state index contributed by atoms with van der Waals surface area (Å²) in [5, 5.41) is 0.573. The standard InChI is InChI=1S/C16H13ClN2O2/c17-12-5-1-4-8-15(12)21-10-9-19-14-7-3-2-6-13(14)18-16(19)11-20/h1-8,11H,9-10H2. The third-order valence-electron chi connectivity index (χ3n) is 3.20. The zero-order valence-corrected chi connectivity index (χ0v) is 12.0. The van der Waals surface area contributed by atoms with E-state index in [0.29, 0.717) is 29.7 Å². The van der Waals surface area contributed by atoms with Crippen molar-refractivity contribution in [1.29, 1.82) is 0 Å². The van der Waals surface area contributed by atoms with Gasteiger partial charge in [-0.15, -0.1) is 0 Å². The van der Waals surface area contributed by atoms with Crippen molar-refractivity contribution in [3.8, 4) is 5.75 Å². The lowest BCUT2D eigenvalue weighted by molar-refractivity contribution is 0.111. The molecule has 0 N–H and O–H groups in total. The number of rotatable bonds is 5. The summed E-state index contributed by atoms with van der Waals surface area (Å²) in [6.45, 7) is 0.935. The normalized spacial score (nSPS) is 10.7. The Balaban J connectivity index is 1.79. The largest absolute Gasteiger partial charge is 0.490 e. The molecule has 0 radical (unpaired) electrons. The minimum absolute atomic E-state index is 0.402. The third-order valence-corrected chi connectivity index (χ3v) is 3.51. The molecule has 0 unspecified atom stereocenters. The second-order valence-electron chi connectivity index (χ2n) is 4.51. The van der Waals surface area contributed by atoms with E-state index >= 15 is 0 Å². The first-order valence-corrected chi connectivity index (χ1v) is 6.95. The summed E-state index contributed by atoms with van der Waals surface area (Å²) in [6.07, 6.45) is 0.759. The number of hydrogen-bond donors (Lipinski definition) is 0. The van der Waals surface area contributed by atoms with Crippen molar-refractivity contribution in [2.45, 2.75) is 6.54 Å². The highest BCUT2D eigenvalue weighted by Crippen LogP contribution is 2.23. The topological polar surface area (TPSA) is 44.1 Å². The highest BCUT2D eigenvalue weighted by molar-refractivity contribution is 6.32. The van der Waals surface area contributed by atoms with Crippen molar-refractivity contribution in [1.82, 2.24) is 9.55 Å². The van der Waals surface area contributed by atoms with Gasteiger partial charge < -0.3 is 9.30 Å². The molecule has 3 aromatic rings. The Morgan fingerprint density at radius 1 is 1.14 bits per heavy atom. The van der Waals surface area contributed by atoms with Gasteiger partial charge in [0, 0.05) is 0 Å². The van der Waals surface area contributed by atoms with Crippen molar-refractivity contribution in [3.63, 3.8) is 0 Å². The molecule has 2 aromatic carbocycles. The van der Waals surface area contributed by atoms with E-state index in [1.807, 2.05) is 47.0 Å². The van der Waals surface area contributed by atoms with Crippen LogP contribution in [0.4, 0.5) is 0 Å². The van der Waals surface area contributed by atoms with Gasteiger partial charge in [0.05, 0.1) is 22.6 Å². The number of benzene rings is 2. The third kappa shape index (κ3) is 2.76. The summed E-state index contributed by atoms with van der Waals surface area (Å²) >= 11 is 6.04. The van der Waals surface area contributed by atoms with Gasteiger partial charge in [0.25, 0.3) is 0 Å². The lowest BCUT2D eigenvalue weighted by Crippen LogP contribution is -2.11. The molecule has 21 heavy (non-hydrogen) atoms. The van der Waals surface area contributed by atoms with Crippen LogP contribution in [-0.2, 0) is 6.54 Å². The number of hydrogen-bond acceptors (Lipinski definition) is 3. The van der Waals surface area contributed by atoms with Crippen molar-refractivity contribution in [3.05, 3.63) is 59.4 Å². The first kappa shape index (κ1) is 13.6. The maximum atomic E-state index is 11.1. The first-order chi connectivity index (χ1) is 10.3. The second kappa shape index (κ2) is 5.97. The Morgan fingerprint density at radius 2 is 1.90 bits per heavy atom. The number of halogens is 1. The molecule has 0 aliphatic rings. The summed E-state index contributed by atoms with van der Waals surface area (Å²) in [4.78, 5) is 15.4. The summed E-state index contributed by atoms with van der Waals surface area (Å²) in [7, 11) is 0. The van der Waals surface area contributed by atoms with E-state index in [0.717, 1.165) is 17.3 Å². The number of para-hydroxylation sites is 3. The number of carbonyl (C=O) groups is 1. The van der Waals surface area contributed by atoms with Crippen molar-refractivity contribution < 1.29 is 9.53 Å². The molecule has 0 atom stereocenters. The number of fused-ring (bicyclic) bond motifs is 1. The van der Waals surface area contributed by atoms with Gasteiger partial charge in [0.1, 0.15) is 12.4 Å². The summed E-state index contributed by atoms with van der Waals surface area (Å²) in [6, 6.07) is 14.9. The molecule has 1 heterocycles. The highest BCUT2D eigenvalue weighted by atomic mass is 35.5. The van der Waals surface area contributed by atoms with E-state index in [-0.39, 0.29) is 0 Å². The Hall–Kier alpha value is -2.33. The molecule has 0 saturated carbocycles. The molecule has 4 nitrogen and oxygen atoms in total. The molecule has 0 fully saturated rings. The summed E-state index contributed by atoms with van der Waals surface area (Å²) < 4.78 is 7.51. The number of nitrogens with zero attached hydrogens (tertiary/aromatic N) is 2. The molecule has 0 aliphatic heterocycles. The molecule has 5 heteroatoms. The monoisotopic (exact) mass is 300 g/mol. The van der Waals surface area contributed by atoms with Crippen LogP contribution in [0.15, 0.2) is 48.5 Å². The van der Waals surface area contributed by atoms with E-state index in [2.05, 4.69) is 4.98 Å². The smallest absolute Gasteiger partial charge is 0.185 e. The predicted molar refractivity (Wildman–Crippen MR) is 82.1 cm³/mol. The van der Waals surface area contributed by atoms with Crippen LogP contribution in [-0.4, -0.2) is 22.4 Å². The maximum Gasteiger partial charge on any atom is 0.185 e. The van der Waals surface area contributed by atoms with Crippen molar-refractivity contribution >= 4 is 28.9 Å². The number of aromatic nitrogens is 2. The molecule has 0 amide bonds. The molecular weight excluding hydrogens is 288 g/mol. The lowest BCUT2D eigenvalue weighted by Gasteiger charge is -2.09. The fourth-order valence-electron chi connectivity index (χ4n) is 2.23. The van der Waals surface area contributed by atoms with E-state index < -0.39 is 0 Å². The maximum absolute atomic E-state index is 11.1. The summed E-state index contributed by atoms with van der Waals surface area (Å²) in [5.41, 5.74) is 1.72. The molecule has 0 saturated heterocycles. The lowest BCUT2D eigenvalue weighted by atomic mass is 10.3. The second-order valence-corrected chi connectivity index (χ2v) is 4.91. The fourth-order valence-corrected chi connectivity index (χ4v) is 2.42. The van der Waals surface area contributed by atoms with Crippen molar-refractivity contribution in [2.75, 3.05) is 6.61 Å². The van der Waals surface area contributed by atoms with Gasteiger partial charge in [-0.2, -0.15) is 0 Å². The number of ether oxygens (including phenoxy) is 1. The average molecular weight is 301 g/mol. The van der Waals surface area contributed by atoms with Crippen molar-refractivity contribution in [2.24, 2.45) is 0 Å². The van der Waals surface area contributed by atoms with Gasteiger partial charge in [-0.3, -0.25) is 4.79 Å². The van der Waals surface area contributed by atoms with E-state index in [9.17, 15) is 4.79 Å². The molecule has 3 rings (SSSR count). The number of carbonyl (C=O) groups excluding carboxylic acids is 1. The van der Waals surface area contributed by atoms with Crippen LogP contribution < -0.4 is 4.74 Å². The van der Waals surface area contributed by atoms with Gasteiger partial charge >= 0.3 is 0 Å². The molecular formula is C16H13ClN2O2. The van der Waals surface area contributed by atoms with Crippen LogP contribution in [0.25, 0.3) is 11.0 Å². The average Bonchev–Trinajstić information content (AvgIpc) is 2.87. The molecule has 106 valence electrons. The van der Waals surface area contributed by atoms with Crippen LogP contribution >= 0.6 is 11.6 Å². The van der Waals surface area contributed by atoms with Gasteiger partial charge in [-0.1, -0.05) is 35.9 Å². The Labute approximate surface area is 126 Å². The number of aldehydes is 1. The van der Waals surface area contributed by atoms with Crippen LogP contribution in [0.3, 0.4) is 0 Å². The van der Waals surface area contributed by atoms with Gasteiger partial charge in [-0.05, 0) is 24.3 Å². The van der Waals surface area contributed by atoms with Gasteiger partial charge in [0.15, 0.2) is 12.1 Å². The molecule has 0 spiro atoms. The predicted octanol–water partition coefficient (Wildman–Crippen LogP) is 3.58. The minimum atomic E-state index is 0.402. The van der Waals surface area contributed by atoms with Crippen LogP contribution in [0.1, 0.15) is 10.6 Å². The van der Waals surface area contributed by atoms with Crippen LogP contribution in [0.2, 0.25) is 5.02 Å². The zero-order chi connectivity index (χ0) is 14.7. The van der Waals surface area contributed by atoms with Crippen LogP contribution in [0, 0.1) is 0 Å².